The highest BCUT2D eigenvalue weighted by atomic mass is 35.5. The Balaban J connectivity index is 1.46. The lowest BCUT2D eigenvalue weighted by molar-refractivity contribution is -0.138. The first kappa shape index (κ1) is 29.8. The fourth-order valence-electron chi connectivity index (χ4n) is 5.94. The molecule has 0 aliphatic carbocycles. The zero-order chi connectivity index (χ0) is 32.1. The molecule has 0 spiro atoms. The minimum atomic E-state index is -0.851. The van der Waals surface area contributed by atoms with E-state index in [0.717, 1.165) is 22.5 Å². The summed E-state index contributed by atoms with van der Waals surface area (Å²) in [6.45, 7) is 5.83. The summed E-state index contributed by atoms with van der Waals surface area (Å²) in [6, 6.07) is 20.4. The van der Waals surface area contributed by atoms with Crippen molar-refractivity contribution in [2.24, 2.45) is 4.99 Å². The van der Waals surface area contributed by atoms with Crippen LogP contribution in [0.25, 0.3) is 17.5 Å². The summed E-state index contributed by atoms with van der Waals surface area (Å²) < 4.78 is 34.6. The van der Waals surface area contributed by atoms with Gasteiger partial charge in [-0.15, -0.1) is 0 Å². The number of aryl methyl sites for hydroxylation is 1. The number of carbonyl (C=O) groups excluding carboxylic acids is 1. The van der Waals surface area contributed by atoms with Crippen molar-refractivity contribution >= 4 is 40.7 Å². The van der Waals surface area contributed by atoms with Crippen molar-refractivity contribution in [1.29, 1.82) is 0 Å². The fraction of sp³-hybridized carbons (Fsp3) is 0.171. The molecule has 11 heteroatoms. The van der Waals surface area contributed by atoms with Gasteiger partial charge in [0.2, 0.25) is 6.79 Å². The van der Waals surface area contributed by atoms with E-state index in [1.54, 1.807) is 35.8 Å². The number of aromatic nitrogens is 2. The van der Waals surface area contributed by atoms with Crippen LogP contribution in [0.3, 0.4) is 0 Å². The third-order valence-corrected chi connectivity index (χ3v) is 9.28. The predicted octanol–water partition coefficient (Wildman–Crippen LogP) is 5.86. The molecule has 1 atom stereocenters. The molecule has 8 nitrogen and oxygen atoms in total. The number of halogens is 2. The number of hydrogen-bond donors (Lipinski definition) is 0. The molecule has 0 N–H and O–H groups in total. The van der Waals surface area contributed by atoms with Crippen LogP contribution >= 0.6 is 22.9 Å². The van der Waals surface area contributed by atoms with Crippen LogP contribution in [0, 0.1) is 19.7 Å². The summed E-state index contributed by atoms with van der Waals surface area (Å²) in [7, 11) is 0. The highest BCUT2D eigenvalue weighted by molar-refractivity contribution is 7.07. The van der Waals surface area contributed by atoms with Crippen molar-refractivity contribution in [3.05, 3.63) is 137 Å². The molecule has 0 fully saturated rings. The van der Waals surface area contributed by atoms with Crippen molar-refractivity contribution in [3.63, 3.8) is 0 Å². The normalized spacial score (nSPS) is 15.6. The second-order valence-corrected chi connectivity index (χ2v) is 12.2. The second-order valence-electron chi connectivity index (χ2n) is 10.8. The van der Waals surface area contributed by atoms with E-state index in [1.807, 2.05) is 67.0 Å². The highest BCUT2D eigenvalue weighted by Gasteiger charge is 2.36. The molecule has 0 unspecified atom stereocenters. The molecule has 46 heavy (non-hydrogen) atoms. The maximum atomic E-state index is 14.3. The van der Waals surface area contributed by atoms with Gasteiger partial charge in [0.25, 0.3) is 5.56 Å². The molecule has 2 aliphatic rings. The SMILES string of the molecule is CCOC(=O)C1=C(c2ccccc2)N=c2s/c(=C/c3cc(C)n(-c4ccc(F)c(Cl)c4)c3C)c(=O)n2[C@H]1c1ccc2c(c1)OCO2. The first-order chi connectivity index (χ1) is 22.2. The number of benzene rings is 3. The Hall–Kier alpha value is -4.93. The molecule has 0 saturated carbocycles. The van der Waals surface area contributed by atoms with E-state index in [0.29, 0.717) is 37.8 Å². The predicted molar refractivity (Wildman–Crippen MR) is 174 cm³/mol. The van der Waals surface area contributed by atoms with Gasteiger partial charge < -0.3 is 18.8 Å². The summed E-state index contributed by atoms with van der Waals surface area (Å²) in [6.07, 6.45) is 1.82. The van der Waals surface area contributed by atoms with E-state index in [2.05, 4.69) is 0 Å². The number of esters is 1. The van der Waals surface area contributed by atoms with Crippen molar-refractivity contribution in [3.8, 4) is 17.2 Å². The molecule has 232 valence electrons. The maximum absolute atomic E-state index is 14.3. The molecular formula is C35H27ClFN3O5S. The van der Waals surface area contributed by atoms with E-state index < -0.39 is 17.8 Å². The average molecular weight is 656 g/mol. The molecule has 0 bridgehead atoms. The van der Waals surface area contributed by atoms with Gasteiger partial charge in [0, 0.05) is 22.6 Å². The molecule has 7 rings (SSSR count). The summed E-state index contributed by atoms with van der Waals surface area (Å²) in [5.74, 6) is 0.0418. The van der Waals surface area contributed by atoms with Crippen LogP contribution in [-0.4, -0.2) is 28.5 Å². The lowest BCUT2D eigenvalue weighted by atomic mass is 9.93. The molecule has 2 aromatic heterocycles. The quantitative estimate of drug-likeness (QED) is 0.214. The first-order valence-corrected chi connectivity index (χ1v) is 15.8. The third-order valence-electron chi connectivity index (χ3n) is 8.00. The number of hydrogen-bond acceptors (Lipinski definition) is 7. The molecule has 0 radical (unpaired) electrons. The Morgan fingerprint density at radius 3 is 2.63 bits per heavy atom. The van der Waals surface area contributed by atoms with E-state index >= 15 is 0 Å². The Kier molecular flexibility index (Phi) is 7.62. The van der Waals surface area contributed by atoms with Crippen LogP contribution in [0.15, 0.2) is 88.2 Å². The monoisotopic (exact) mass is 655 g/mol. The Labute approximate surface area is 271 Å². The molecule has 3 aromatic carbocycles. The molecule has 0 amide bonds. The number of fused-ring (bicyclic) bond motifs is 2. The van der Waals surface area contributed by atoms with Crippen LogP contribution in [-0.2, 0) is 9.53 Å². The Bertz CT molecular complexity index is 2250. The number of thiazole rings is 1. The highest BCUT2D eigenvalue weighted by Crippen LogP contribution is 2.40. The van der Waals surface area contributed by atoms with Gasteiger partial charge in [-0.05, 0) is 74.4 Å². The molecule has 4 heterocycles. The molecule has 5 aromatic rings. The average Bonchev–Trinajstić information content (AvgIpc) is 3.73. The van der Waals surface area contributed by atoms with Gasteiger partial charge >= 0.3 is 5.97 Å². The number of rotatable bonds is 6. The minimum absolute atomic E-state index is 0.0231. The van der Waals surface area contributed by atoms with Gasteiger partial charge in [0.15, 0.2) is 16.3 Å². The second kappa shape index (κ2) is 11.8. The van der Waals surface area contributed by atoms with Crippen LogP contribution in [0.4, 0.5) is 4.39 Å². The van der Waals surface area contributed by atoms with Crippen molar-refractivity contribution < 1.29 is 23.4 Å². The zero-order valence-electron chi connectivity index (χ0n) is 25.0. The van der Waals surface area contributed by atoms with E-state index in [1.165, 1.54) is 17.4 Å². The Morgan fingerprint density at radius 2 is 1.87 bits per heavy atom. The van der Waals surface area contributed by atoms with Gasteiger partial charge in [-0.1, -0.05) is 59.3 Å². The van der Waals surface area contributed by atoms with Gasteiger partial charge in [0.05, 0.1) is 33.5 Å². The van der Waals surface area contributed by atoms with Crippen molar-refractivity contribution in [2.75, 3.05) is 13.4 Å². The smallest absolute Gasteiger partial charge is 0.338 e. The lowest BCUT2D eigenvalue weighted by Gasteiger charge is -2.26. The topological polar surface area (TPSA) is 84.1 Å². The summed E-state index contributed by atoms with van der Waals surface area (Å²) in [4.78, 5) is 33.4. The van der Waals surface area contributed by atoms with Crippen LogP contribution in [0.5, 0.6) is 11.5 Å². The van der Waals surface area contributed by atoms with E-state index in [9.17, 15) is 14.0 Å². The third kappa shape index (κ3) is 5.03. The standard InChI is InChI=1S/C35H27ClFN3O5S/c1-4-43-34(42)30-31(21-8-6-5-7-9-21)38-35-40(32(30)22-10-13-27-28(15-22)45-18-44-27)33(41)29(46-35)16-23-14-19(2)39(20(23)3)24-11-12-26(37)25(36)17-24/h5-17,32H,4,18H2,1-3H3/b29-16+/t32-/m0/s1. The summed E-state index contributed by atoms with van der Waals surface area (Å²) in [5.41, 5.74) is 4.97. The van der Waals surface area contributed by atoms with E-state index in [-0.39, 0.29) is 29.6 Å². The molecule has 0 saturated heterocycles. The van der Waals surface area contributed by atoms with Gasteiger partial charge in [0.1, 0.15) is 5.82 Å². The number of nitrogens with zero attached hydrogens (tertiary/aromatic N) is 3. The van der Waals surface area contributed by atoms with Crippen molar-refractivity contribution in [1.82, 2.24) is 9.13 Å². The van der Waals surface area contributed by atoms with Gasteiger partial charge in [-0.2, -0.15) is 0 Å². The molecular weight excluding hydrogens is 629 g/mol. The van der Waals surface area contributed by atoms with Crippen LogP contribution < -0.4 is 24.4 Å². The summed E-state index contributed by atoms with van der Waals surface area (Å²) >= 11 is 7.32. The first-order valence-electron chi connectivity index (χ1n) is 14.6. The number of ether oxygens (including phenoxy) is 3. The van der Waals surface area contributed by atoms with Crippen LogP contribution in [0.2, 0.25) is 5.02 Å². The Morgan fingerprint density at radius 1 is 1.09 bits per heavy atom. The van der Waals surface area contributed by atoms with Gasteiger partial charge in [-0.3, -0.25) is 9.36 Å². The largest absolute Gasteiger partial charge is 0.463 e. The zero-order valence-corrected chi connectivity index (χ0v) is 26.6. The summed E-state index contributed by atoms with van der Waals surface area (Å²) in [5, 5.41) is 0.0231. The van der Waals surface area contributed by atoms with E-state index in [4.69, 9.17) is 30.8 Å². The fourth-order valence-corrected chi connectivity index (χ4v) is 7.10. The van der Waals surface area contributed by atoms with Gasteiger partial charge in [-0.25, -0.2) is 14.2 Å². The lowest BCUT2D eigenvalue weighted by Crippen LogP contribution is -2.40. The molecule has 2 aliphatic heterocycles. The minimum Gasteiger partial charge on any atom is -0.463 e. The maximum Gasteiger partial charge on any atom is 0.338 e. The number of carbonyl (C=O) groups is 1. The van der Waals surface area contributed by atoms with Crippen LogP contribution in [0.1, 0.15) is 41.0 Å². The van der Waals surface area contributed by atoms with Crippen molar-refractivity contribution in [2.45, 2.75) is 26.8 Å².